The van der Waals surface area contributed by atoms with Gasteiger partial charge >= 0.3 is 5.97 Å². The second-order valence-corrected chi connectivity index (χ2v) is 22.9. The molecule has 2 aliphatic carbocycles. The van der Waals surface area contributed by atoms with Crippen LogP contribution in [0.25, 0.3) is 0 Å². The zero-order valence-corrected chi connectivity index (χ0v) is 41.0. The Morgan fingerprint density at radius 1 is 0.776 bits per heavy atom. The van der Waals surface area contributed by atoms with Crippen molar-refractivity contribution in [2.75, 3.05) is 29.5 Å². The van der Waals surface area contributed by atoms with Gasteiger partial charge in [-0.1, -0.05) is 55.3 Å². The van der Waals surface area contributed by atoms with E-state index in [1.807, 2.05) is 18.2 Å². The smallest absolute Gasteiger partial charge is 0.303 e. The normalized spacial score (nSPS) is 20.8. The minimum Gasteiger partial charge on any atom is -0.481 e. The van der Waals surface area contributed by atoms with Crippen LogP contribution in [0.5, 0.6) is 11.5 Å². The van der Waals surface area contributed by atoms with Crippen LogP contribution in [-0.4, -0.2) is 71.9 Å². The Labute approximate surface area is 395 Å². The minimum absolute atomic E-state index is 0.0192. The van der Waals surface area contributed by atoms with Crippen molar-refractivity contribution in [2.24, 2.45) is 5.92 Å². The summed E-state index contributed by atoms with van der Waals surface area (Å²) in [6.07, 6.45) is 14.1. The Kier molecular flexibility index (Phi) is 13.4. The topological polar surface area (TPSA) is 171 Å². The van der Waals surface area contributed by atoms with E-state index in [-0.39, 0.29) is 34.7 Å². The van der Waals surface area contributed by atoms with Gasteiger partial charge in [0, 0.05) is 59.5 Å². The fourth-order valence-electron chi connectivity index (χ4n) is 10.6. The van der Waals surface area contributed by atoms with E-state index in [0.29, 0.717) is 56.7 Å². The van der Waals surface area contributed by atoms with Gasteiger partial charge < -0.3 is 19.5 Å². The molecule has 3 heterocycles. The SMILES string of the molecule is Cc1ccc2c(c1)C(C)(C)C(/C=C/C1=C3Oc4ccc(CCC(=O)O)cc4OC4=C3C(CC1)CC/C4=C\C=C1\N(CCCCS(=O)(=O)O)c3ccc(C)cc3C1(C)C)=[N+]2CCCCS(=O)(=O)O. The maximum atomic E-state index is 11.6. The molecular weight excluding hydrogens is 889 g/mol. The third kappa shape index (κ3) is 10.3. The maximum absolute atomic E-state index is 11.6. The number of hydrogen-bond donors (Lipinski definition) is 3. The molecule has 3 aliphatic heterocycles. The lowest BCUT2D eigenvalue weighted by Gasteiger charge is -2.33. The van der Waals surface area contributed by atoms with E-state index in [2.05, 4.69) is 112 Å². The second kappa shape index (κ2) is 18.7. The molecule has 14 heteroatoms. The summed E-state index contributed by atoms with van der Waals surface area (Å²) in [4.78, 5) is 13.9. The summed E-state index contributed by atoms with van der Waals surface area (Å²) < 4.78 is 81.6. The zero-order valence-electron chi connectivity index (χ0n) is 39.4. The van der Waals surface area contributed by atoms with Crippen molar-refractivity contribution in [3.63, 3.8) is 0 Å². The summed E-state index contributed by atoms with van der Waals surface area (Å²) in [6.45, 7) is 14.2. The highest BCUT2D eigenvalue weighted by Crippen LogP contribution is 2.52. The highest BCUT2D eigenvalue weighted by Gasteiger charge is 2.45. The van der Waals surface area contributed by atoms with Gasteiger partial charge in [0.15, 0.2) is 17.2 Å². The van der Waals surface area contributed by atoms with Crippen molar-refractivity contribution in [2.45, 2.75) is 117 Å². The molecule has 3 N–H and O–H groups in total. The van der Waals surface area contributed by atoms with Crippen molar-refractivity contribution in [3.05, 3.63) is 141 Å². The van der Waals surface area contributed by atoms with Crippen LogP contribution in [0.3, 0.4) is 0 Å². The van der Waals surface area contributed by atoms with Gasteiger partial charge in [-0.05, 0) is 144 Å². The number of carbonyl (C=O) groups is 1. The number of unbranched alkanes of at least 4 members (excludes halogenated alkanes) is 2. The standard InChI is InChI=1S/C53H62N2O10S2/c1-34-11-21-42-40(31-34)52(3,4)46(54(42)27-7-9-29-66(58,59)60)24-19-38-17-15-37-16-18-39(51-49(37)50(38)64-44-23-13-36(14-26-48(56)57)33-45(44)65-51)20-25-47-53(5,6)41-32-35(2)12-22-43(41)55(47)28-8-10-30-67(61,62)63/h11-13,19-25,31-33,37H,7-10,14-18,26-30H2,1-6H3,(H2-,56,57,58,59,60,61,62,63)/p+1. The summed E-state index contributed by atoms with van der Waals surface area (Å²) in [6, 6.07) is 18.6. The number of benzene rings is 3. The van der Waals surface area contributed by atoms with Gasteiger partial charge in [0.05, 0.1) is 16.9 Å². The number of allylic oxidation sites excluding steroid dienone is 8. The number of hydrogen-bond acceptors (Lipinski definition) is 8. The second-order valence-electron chi connectivity index (χ2n) is 19.8. The molecule has 0 amide bonds. The van der Waals surface area contributed by atoms with Gasteiger partial charge in [0.25, 0.3) is 20.2 Å². The average molecular weight is 952 g/mol. The van der Waals surface area contributed by atoms with E-state index in [1.54, 1.807) is 0 Å². The van der Waals surface area contributed by atoms with Crippen LogP contribution in [0.4, 0.5) is 11.4 Å². The molecule has 0 aromatic heterocycles. The Bertz CT molecular complexity index is 2930. The number of anilines is 1. The van der Waals surface area contributed by atoms with Crippen LogP contribution in [0, 0.1) is 19.8 Å². The number of nitrogens with zero attached hydrogens (tertiary/aromatic N) is 2. The Morgan fingerprint density at radius 2 is 1.45 bits per heavy atom. The largest absolute Gasteiger partial charge is 0.481 e. The molecule has 0 saturated heterocycles. The van der Waals surface area contributed by atoms with Crippen LogP contribution in [-0.2, 0) is 42.3 Å². The first kappa shape index (κ1) is 48.2. The lowest BCUT2D eigenvalue weighted by molar-refractivity contribution is -0.438. The lowest BCUT2D eigenvalue weighted by atomic mass is 9.74. The van der Waals surface area contributed by atoms with Crippen LogP contribution in [0.15, 0.2) is 113 Å². The van der Waals surface area contributed by atoms with Gasteiger partial charge in [-0.15, -0.1) is 0 Å². The molecule has 3 aromatic rings. The third-order valence-corrected chi connectivity index (χ3v) is 15.7. The lowest BCUT2D eigenvalue weighted by Crippen LogP contribution is -2.28. The number of carboxylic acids is 1. The van der Waals surface area contributed by atoms with Crippen LogP contribution < -0.4 is 14.4 Å². The van der Waals surface area contributed by atoms with Crippen molar-refractivity contribution in [1.29, 1.82) is 0 Å². The molecular formula is C53H63N2O10S2+. The number of fused-ring (bicyclic) bond motifs is 3. The number of aryl methyl sites for hydroxylation is 3. The molecule has 356 valence electrons. The molecule has 12 nitrogen and oxygen atoms in total. The molecule has 1 unspecified atom stereocenters. The molecule has 5 aliphatic rings. The van der Waals surface area contributed by atoms with Crippen LogP contribution in [0.2, 0.25) is 0 Å². The molecule has 0 saturated carbocycles. The third-order valence-electron chi connectivity index (χ3n) is 14.1. The van der Waals surface area contributed by atoms with E-state index in [9.17, 15) is 35.8 Å². The Balaban J connectivity index is 1.23. The van der Waals surface area contributed by atoms with Crippen LogP contribution >= 0.6 is 0 Å². The first-order chi connectivity index (χ1) is 31.6. The van der Waals surface area contributed by atoms with Gasteiger partial charge in [-0.25, -0.2) is 0 Å². The Hall–Kier alpha value is -5.28. The number of carboxylic acid groups (broad SMARTS) is 1. The summed E-state index contributed by atoms with van der Waals surface area (Å²) in [5.74, 6) is 1.27. The minimum atomic E-state index is -4.07. The monoisotopic (exact) mass is 951 g/mol. The van der Waals surface area contributed by atoms with Gasteiger partial charge in [-0.2, -0.15) is 21.4 Å². The van der Waals surface area contributed by atoms with E-state index < -0.39 is 26.2 Å². The predicted octanol–water partition coefficient (Wildman–Crippen LogP) is 10.4. The maximum Gasteiger partial charge on any atom is 0.303 e. The molecule has 0 spiro atoms. The highest BCUT2D eigenvalue weighted by atomic mass is 32.2. The van der Waals surface area contributed by atoms with E-state index in [1.165, 1.54) is 11.1 Å². The molecule has 0 fully saturated rings. The van der Waals surface area contributed by atoms with E-state index in [4.69, 9.17) is 9.47 Å². The van der Waals surface area contributed by atoms with Crippen LogP contribution in [0.1, 0.15) is 113 Å². The molecule has 1 atom stereocenters. The first-order valence-electron chi connectivity index (χ1n) is 23.4. The zero-order chi connectivity index (χ0) is 48.1. The molecule has 0 bridgehead atoms. The quantitative estimate of drug-likeness (QED) is 0.0709. The average Bonchev–Trinajstić information content (AvgIpc) is 3.47. The number of aliphatic carboxylic acids is 1. The van der Waals surface area contributed by atoms with Gasteiger partial charge in [-0.3, -0.25) is 13.9 Å². The summed E-state index contributed by atoms with van der Waals surface area (Å²) >= 11 is 0. The molecule has 67 heavy (non-hydrogen) atoms. The fraction of sp³-hybridized carbons (Fsp3) is 0.434. The summed E-state index contributed by atoms with van der Waals surface area (Å²) in [5, 5.41) is 9.51. The first-order valence-corrected chi connectivity index (χ1v) is 26.7. The van der Waals surface area contributed by atoms with Crippen molar-refractivity contribution in [3.8, 4) is 11.5 Å². The summed E-state index contributed by atoms with van der Waals surface area (Å²) in [5.41, 5.74) is 12.1. The summed E-state index contributed by atoms with van der Waals surface area (Å²) in [7, 11) is -8.14. The number of ether oxygens (including phenoxy) is 2. The predicted molar refractivity (Wildman–Crippen MR) is 262 cm³/mol. The number of rotatable bonds is 16. The van der Waals surface area contributed by atoms with Crippen molar-refractivity contribution in [1.82, 2.24) is 0 Å². The molecule has 3 aromatic carbocycles. The van der Waals surface area contributed by atoms with Gasteiger partial charge in [0.1, 0.15) is 18.1 Å². The fourth-order valence-corrected chi connectivity index (χ4v) is 11.7. The van der Waals surface area contributed by atoms with Crippen molar-refractivity contribution < 1.29 is 49.9 Å². The van der Waals surface area contributed by atoms with Gasteiger partial charge in [0.2, 0.25) is 5.69 Å². The van der Waals surface area contributed by atoms with Crippen molar-refractivity contribution >= 4 is 43.3 Å². The van der Waals surface area contributed by atoms with E-state index >= 15 is 0 Å². The van der Waals surface area contributed by atoms with E-state index in [0.717, 1.165) is 93.4 Å². The highest BCUT2D eigenvalue weighted by molar-refractivity contribution is 7.86. The molecule has 8 rings (SSSR count). The Morgan fingerprint density at radius 3 is 2.16 bits per heavy atom. The molecule has 0 radical (unpaired) electrons.